The van der Waals surface area contributed by atoms with Crippen molar-refractivity contribution in [3.8, 4) is 11.5 Å². The highest BCUT2D eigenvalue weighted by atomic mass is 32.2. The van der Waals surface area contributed by atoms with Crippen LogP contribution in [-0.2, 0) is 4.79 Å². The second kappa shape index (κ2) is 9.68. The number of carbonyl (C=O) groups is 2. The van der Waals surface area contributed by atoms with Gasteiger partial charge in [0.05, 0.1) is 17.2 Å². The monoisotopic (exact) mass is 481 g/mol. The van der Waals surface area contributed by atoms with Gasteiger partial charge in [-0.2, -0.15) is 0 Å². The SMILES string of the molecule is CCOc1cc(/C=C2\SC(=S)N(c3ccccc3C)C2=O)ccc1OC(=O)c1cccs1. The first-order valence-electron chi connectivity index (χ1n) is 9.84. The number of thioether (sulfide) groups is 1. The third-order valence-electron chi connectivity index (χ3n) is 4.64. The van der Waals surface area contributed by atoms with Gasteiger partial charge < -0.3 is 9.47 Å². The predicted octanol–water partition coefficient (Wildman–Crippen LogP) is 6.08. The number of carbonyl (C=O) groups excluding carboxylic acids is 2. The molecule has 32 heavy (non-hydrogen) atoms. The third kappa shape index (κ3) is 4.62. The summed E-state index contributed by atoms with van der Waals surface area (Å²) in [5.41, 5.74) is 2.50. The number of amides is 1. The van der Waals surface area contributed by atoms with Crippen molar-refractivity contribution >= 4 is 63.3 Å². The molecule has 1 fully saturated rings. The molecule has 3 aromatic rings. The summed E-state index contributed by atoms with van der Waals surface area (Å²) in [4.78, 5) is 28.0. The number of thiophene rings is 1. The molecule has 1 aliphatic rings. The molecule has 4 rings (SSSR count). The summed E-state index contributed by atoms with van der Waals surface area (Å²) in [7, 11) is 0. The average Bonchev–Trinajstić information content (AvgIpc) is 3.40. The molecule has 0 unspecified atom stereocenters. The van der Waals surface area contributed by atoms with Gasteiger partial charge in [-0.15, -0.1) is 11.3 Å². The lowest BCUT2D eigenvalue weighted by Gasteiger charge is -2.16. The summed E-state index contributed by atoms with van der Waals surface area (Å²) in [5, 5.41) is 1.82. The summed E-state index contributed by atoms with van der Waals surface area (Å²) in [6, 6.07) is 16.3. The van der Waals surface area contributed by atoms with Crippen molar-refractivity contribution < 1.29 is 19.1 Å². The number of esters is 1. The molecular weight excluding hydrogens is 462 g/mol. The number of ether oxygens (including phenoxy) is 2. The van der Waals surface area contributed by atoms with Gasteiger partial charge in [-0.1, -0.05) is 54.3 Å². The van der Waals surface area contributed by atoms with E-state index in [4.69, 9.17) is 21.7 Å². The van der Waals surface area contributed by atoms with Gasteiger partial charge in [-0.05, 0) is 60.7 Å². The van der Waals surface area contributed by atoms with Crippen molar-refractivity contribution in [3.63, 3.8) is 0 Å². The smallest absolute Gasteiger partial charge is 0.353 e. The zero-order valence-corrected chi connectivity index (χ0v) is 19.8. The fraction of sp³-hybridized carbons (Fsp3) is 0.125. The van der Waals surface area contributed by atoms with Gasteiger partial charge >= 0.3 is 5.97 Å². The van der Waals surface area contributed by atoms with E-state index in [1.807, 2.05) is 43.5 Å². The molecule has 1 aromatic heterocycles. The zero-order chi connectivity index (χ0) is 22.7. The molecule has 0 saturated carbocycles. The Balaban J connectivity index is 1.60. The molecular formula is C24H19NO4S3. The summed E-state index contributed by atoms with van der Waals surface area (Å²) >= 11 is 8.04. The Labute approximate surface area is 199 Å². The molecule has 162 valence electrons. The highest BCUT2D eigenvalue weighted by molar-refractivity contribution is 8.27. The van der Waals surface area contributed by atoms with Gasteiger partial charge in [-0.25, -0.2) is 4.79 Å². The Morgan fingerprint density at radius 3 is 2.66 bits per heavy atom. The van der Waals surface area contributed by atoms with Crippen LogP contribution in [0, 0.1) is 6.92 Å². The van der Waals surface area contributed by atoms with Crippen LogP contribution in [0.25, 0.3) is 6.08 Å². The van der Waals surface area contributed by atoms with E-state index >= 15 is 0 Å². The first-order valence-corrected chi connectivity index (χ1v) is 11.9. The van der Waals surface area contributed by atoms with Crippen molar-refractivity contribution in [2.75, 3.05) is 11.5 Å². The Hall–Kier alpha value is -2.94. The van der Waals surface area contributed by atoms with Crippen molar-refractivity contribution in [2.45, 2.75) is 13.8 Å². The average molecular weight is 482 g/mol. The molecule has 2 heterocycles. The first-order chi connectivity index (χ1) is 15.5. The van der Waals surface area contributed by atoms with Gasteiger partial charge in [0.25, 0.3) is 5.91 Å². The molecule has 0 aliphatic carbocycles. The second-order valence-corrected chi connectivity index (χ2v) is 9.43. The third-order valence-corrected chi connectivity index (χ3v) is 6.79. The summed E-state index contributed by atoms with van der Waals surface area (Å²) in [5.74, 6) is 0.156. The number of rotatable bonds is 6. The Morgan fingerprint density at radius 1 is 1.12 bits per heavy atom. The first kappa shape index (κ1) is 22.3. The number of nitrogens with zero attached hydrogens (tertiary/aromatic N) is 1. The van der Waals surface area contributed by atoms with E-state index in [0.29, 0.717) is 32.2 Å². The highest BCUT2D eigenvalue weighted by Crippen LogP contribution is 2.38. The van der Waals surface area contributed by atoms with Crippen LogP contribution >= 0.6 is 35.3 Å². The lowest BCUT2D eigenvalue weighted by Crippen LogP contribution is -2.28. The fourth-order valence-electron chi connectivity index (χ4n) is 3.15. The number of aryl methyl sites for hydroxylation is 1. The lowest BCUT2D eigenvalue weighted by atomic mass is 10.1. The van der Waals surface area contributed by atoms with Crippen LogP contribution in [-0.4, -0.2) is 22.8 Å². The molecule has 1 saturated heterocycles. The van der Waals surface area contributed by atoms with E-state index in [1.165, 1.54) is 23.1 Å². The Bertz CT molecular complexity index is 1220. The normalized spacial score (nSPS) is 14.8. The van der Waals surface area contributed by atoms with Crippen LogP contribution in [0.15, 0.2) is 64.9 Å². The fourth-order valence-corrected chi connectivity index (χ4v) is 5.04. The van der Waals surface area contributed by atoms with Crippen LogP contribution in [0.2, 0.25) is 0 Å². The molecule has 0 spiro atoms. The number of para-hydroxylation sites is 1. The van der Waals surface area contributed by atoms with Crippen LogP contribution in [0.5, 0.6) is 11.5 Å². The maximum absolute atomic E-state index is 13.1. The minimum atomic E-state index is -0.437. The van der Waals surface area contributed by atoms with Gasteiger partial charge in [0, 0.05) is 0 Å². The summed E-state index contributed by atoms with van der Waals surface area (Å²) in [6.07, 6.45) is 1.77. The molecule has 0 atom stereocenters. The van der Waals surface area contributed by atoms with Gasteiger partial charge in [0.15, 0.2) is 15.8 Å². The van der Waals surface area contributed by atoms with Gasteiger partial charge in [0.1, 0.15) is 4.88 Å². The lowest BCUT2D eigenvalue weighted by molar-refractivity contribution is -0.113. The van der Waals surface area contributed by atoms with E-state index in [2.05, 4.69) is 0 Å². The van der Waals surface area contributed by atoms with E-state index < -0.39 is 5.97 Å². The number of benzene rings is 2. The molecule has 1 amide bonds. The minimum absolute atomic E-state index is 0.166. The number of hydrogen-bond acceptors (Lipinski definition) is 7. The standard InChI is InChI=1S/C24H19NO4S3/c1-3-28-19-13-16(10-11-18(19)29-23(27)20-9-6-12-31-20)14-21-22(26)25(24(30)32-21)17-8-5-4-7-15(17)2/h4-14H,3H2,1-2H3/b21-14-. The van der Waals surface area contributed by atoms with Crippen molar-refractivity contribution in [1.29, 1.82) is 0 Å². The summed E-state index contributed by atoms with van der Waals surface area (Å²) in [6.45, 7) is 4.20. The quantitative estimate of drug-likeness (QED) is 0.184. The molecule has 0 radical (unpaired) electrons. The summed E-state index contributed by atoms with van der Waals surface area (Å²) < 4.78 is 11.7. The largest absolute Gasteiger partial charge is 0.490 e. The van der Waals surface area contributed by atoms with Gasteiger partial charge in [-0.3, -0.25) is 9.69 Å². The van der Waals surface area contributed by atoms with E-state index in [-0.39, 0.29) is 5.91 Å². The molecule has 0 bridgehead atoms. The second-order valence-electron chi connectivity index (χ2n) is 6.81. The minimum Gasteiger partial charge on any atom is -0.490 e. The van der Waals surface area contributed by atoms with E-state index in [9.17, 15) is 9.59 Å². The van der Waals surface area contributed by atoms with Crippen LogP contribution in [0.4, 0.5) is 5.69 Å². The Morgan fingerprint density at radius 2 is 1.94 bits per heavy atom. The van der Waals surface area contributed by atoms with Crippen LogP contribution < -0.4 is 14.4 Å². The van der Waals surface area contributed by atoms with Crippen molar-refractivity contribution in [3.05, 3.63) is 80.9 Å². The van der Waals surface area contributed by atoms with E-state index in [1.54, 1.807) is 41.3 Å². The predicted molar refractivity (Wildman–Crippen MR) is 134 cm³/mol. The number of thiocarbonyl (C=S) groups is 1. The van der Waals surface area contributed by atoms with E-state index in [0.717, 1.165) is 16.8 Å². The maximum atomic E-state index is 13.1. The molecule has 0 N–H and O–H groups in total. The topological polar surface area (TPSA) is 55.8 Å². The molecule has 1 aliphatic heterocycles. The highest BCUT2D eigenvalue weighted by Gasteiger charge is 2.34. The van der Waals surface area contributed by atoms with Gasteiger partial charge in [0.2, 0.25) is 0 Å². The zero-order valence-electron chi connectivity index (χ0n) is 17.4. The maximum Gasteiger partial charge on any atom is 0.353 e. The number of hydrogen-bond donors (Lipinski definition) is 0. The van der Waals surface area contributed by atoms with Crippen LogP contribution in [0.1, 0.15) is 27.7 Å². The molecule has 2 aromatic carbocycles. The molecule has 8 heteroatoms. The van der Waals surface area contributed by atoms with Crippen molar-refractivity contribution in [2.24, 2.45) is 0 Å². The van der Waals surface area contributed by atoms with Crippen LogP contribution in [0.3, 0.4) is 0 Å². The Kier molecular flexibility index (Phi) is 6.74. The van der Waals surface area contributed by atoms with Crippen molar-refractivity contribution in [1.82, 2.24) is 0 Å². The number of anilines is 1. The molecule has 5 nitrogen and oxygen atoms in total.